The number of amides is 2. The molecule has 6 atom stereocenters. The van der Waals surface area contributed by atoms with E-state index in [9.17, 15) is 19.5 Å². The van der Waals surface area contributed by atoms with Crippen LogP contribution in [0.3, 0.4) is 0 Å². The molecule has 5 rings (SSSR count). The van der Waals surface area contributed by atoms with E-state index < -0.39 is 34.6 Å². The van der Waals surface area contributed by atoms with Crippen molar-refractivity contribution in [1.29, 1.82) is 0 Å². The van der Waals surface area contributed by atoms with Crippen LogP contribution in [-0.2, 0) is 19.1 Å². The Balaban J connectivity index is 1.66. The number of ether oxygens (including phenoxy) is 1. The minimum absolute atomic E-state index is 0.0874. The lowest BCUT2D eigenvalue weighted by molar-refractivity contribution is -0.152. The van der Waals surface area contributed by atoms with E-state index in [2.05, 4.69) is 0 Å². The first-order valence-corrected chi connectivity index (χ1v) is 12.7. The van der Waals surface area contributed by atoms with Crippen molar-refractivity contribution in [3.63, 3.8) is 0 Å². The monoisotopic (exact) mass is 502 g/mol. The van der Waals surface area contributed by atoms with Crippen LogP contribution in [0.1, 0.15) is 13.8 Å². The average Bonchev–Trinajstić information content (AvgIpc) is 3.10. The van der Waals surface area contributed by atoms with E-state index in [1.807, 2.05) is 32.1 Å². The van der Waals surface area contributed by atoms with Crippen molar-refractivity contribution in [2.75, 3.05) is 24.7 Å². The Kier molecular flexibility index (Phi) is 6.02. The minimum Gasteiger partial charge on any atom is -0.461 e. The number of likely N-dealkylation sites (tertiary alicyclic amines) is 1. The van der Waals surface area contributed by atoms with E-state index in [1.54, 1.807) is 40.1 Å². The molecule has 9 heteroatoms. The summed E-state index contributed by atoms with van der Waals surface area (Å²) in [7, 11) is 0. The van der Waals surface area contributed by atoms with Gasteiger partial charge in [-0.05, 0) is 30.2 Å². The summed E-state index contributed by atoms with van der Waals surface area (Å²) in [4.78, 5) is 44.5. The van der Waals surface area contributed by atoms with Gasteiger partial charge in [0.05, 0.1) is 29.2 Å². The third-order valence-corrected chi connectivity index (χ3v) is 9.30. The number of thioether (sulfide) groups is 1. The summed E-state index contributed by atoms with van der Waals surface area (Å²) >= 11 is 7.55. The highest BCUT2D eigenvalue weighted by molar-refractivity contribution is 8.02. The summed E-state index contributed by atoms with van der Waals surface area (Å²) in [5.41, 5.74) is 0.675. The average molecular weight is 503 g/mol. The highest BCUT2D eigenvalue weighted by Crippen LogP contribution is 2.61. The van der Waals surface area contributed by atoms with E-state index in [-0.39, 0.29) is 36.2 Å². The molecule has 2 amide bonds. The smallest absolute Gasteiger partial charge is 0.311 e. The van der Waals surface area contributed by atoms with Crippen molar-refractivity contribution in [1.82, 2.24) is 4.90 Å². The van der Waals surface area contributed by atoms with Crippen LogP contribution in [0.2, 0.25) is 5.02 Å². The maximum Gasteiger partial charge on any atom is 0.311 e. The van der Waals surface area contributed by atoms with Gasteiger partial charge in [0, 0.05) is 22.5 Å². The summed E-state index contributed by atoms with van der Waals surface area (Å²) in [6, 6.07) is 5.59. The second-order valence-electron chi connectivity index (χ2n) is 9.47. The van der Waals surface area contributed by atoms with Crippen molar-refractivity contribution >= 4 is 46.8 Å². The number of fused-ring (bicyclic) bond motifs is 2. The minimum atomic E-state index is -0.937. The molecule has 4 heterocycles. The predicted molar refractivity (Wildman–Crippen MR) is 130 cm³/mol. The molecular weight excluding hydrogens is 476 g/mol. The molecule has 2 fully saturated rings. The number of hydrogen-bond donors (Lipinski definition) is 1. The number of aliphatic hydroxyl groups excluding tert-OH is 1. The SMILES string of the molecule is CC(C)[C@H](CO)N1C(=O)[C@@H]2[C@H]3C(=O)OCC=C[C@H]3S[C@@]23C=CCN(c2ccc(Cl)cc2)C(=O)C13. The van der Waals surface area contributed by atoms with Crippen LogP contribution in [-0.4, -0.2) is 69.6 Å². The molecule has 1 spiro atoms. The number of cyclic esters (lactones) is 1. The lowest BCUT2D eigenvalue weighted by atomic mass is 9.78. The molecule has 4 aliphatic rings. The van der Waals surface area contributed by atoms with E-state index in [0.717, 1.165) is 0 Å². The molecule has 1 unspecified atom stereocenters. The molecule has 0 saturated carbocycles. The van der Waals surface area contributed by atoms with Gasteiger partial charge >= 0.3 is 5.97 Å². The second-order valence-corrected chi connectivity index (χ2v) is 11.4. The van der Waals surface area contributed by atoms with Crippen molar-refractivity contribution in [3.05, 3.63) is 53.6 Å². The van der Waals surface area contributed by atoms with Crippen molar-refractivity contribution < 1.29 is 24.2 Å². The van der Waals surface area contributed by atoms with Crippen LogP contribution in [0, 0.1) is 17.8 Å². The van der Waals surface area contributed by atoms with E-state index in [4.69, 9.17) is 16.3 Å². The number of carbonyl (C=O) groups is 3. The quantitative estimate of drug-likeness (QED) is 0.503. The summed E-state index contributed by atoms with van der Waals surface area (Å²) in [6.07, 6.45) is 7.58. The van der Waals surface area contributed by atoms with Crippen LogP contribution >= 0.6 is 23.4 Å². The maximum absolute atomic E-state index is 14.2. The van der Waals surface area contributed by atoms with Gasteiger partial charge in [-0.1, -0.05) is 49.8 Å². The van der Waals surface area contributed by atoms with Crippen LogP contribution in [0.5, 0.6) is 0 Å². The number of benzene rings is 1. The lowest BCUT2D eigenvalue weighted by Gasteiger charge is -2.39. The number of esters is 1. The van der Waals surface area contributed by atoms with Crippen molar-refractivity contribution in [2.24, 2.45) is 17.8 Å². The number of hydrogen-bond acceptors (Lipinski definition) is 6. The van der Waals surface area contributed by atoms with E-state index in [1.165, 1.54) is 11.8 Å². The van der Waals surface area contributed by atoms with Crippen LogP contribution in [0.15, 0.2) is 48.6 Å². The molecule has 2 saturated heterocycles. The second kappa shape index (κ2) is 8.73. The van der Waals surface area contributed by atoms with Crippen LogP contribution < -0.4 is 4.90 Å². The van der Waals surface area contributed by atoms with Crippen LogP contribution in [0.25, 0.3) is 0 Å². The highest BCUT2D eigenvalue weighted by atomic mass is 35.5. The van der Waals surface area contributed by atoms with Crippen molar-refractivity contribution in [2.45, 2.75) is 35.9 Å². The van der Waals surface area contributed by atoms with E-state index in [0.29, 0.717) is 17.3 Å². The third-order valence-electron chi connectivity index (χ3n) is 7.30. The Bertz CT molecular complexity index is 1070. The molecule has 1 N–H and O–H groups in total. The molecule has 4 aliphatic heterocycles. The number of anilines is 1. The summed E-state index contributed by atoms with van der Waals surface area (Å²) in [5.74, 6) is -2.45. The predicted octanol–water partition coefficient (Wildman–Crippen LogP) is 2.67. The fourth-order valence-electron chi connectivity index (χ4n) is 5.74. The molecule has 1 aromatic carbocycles. The topological polar surface area (TPSA) is 87.2 Å². The van der Waals surface area contributed by atoms with Gasteiger partial charge in [0.15, 0.2) is 0 Å². The zero-order chi connectivity index (χ0) is 24.2. The van der Waals surface area contributed by atoms with Gasteiger partial charge in [-0.25, -0.2) is 0 Å². The Hall–Kier alpha value is -2.29. The third kappa shape index (κ3) is 3.41. The largest absolute Gasteiger partial charge is 0.461 e. The molecule has 0 aliphatic carbocycles. The number of halogens is 1. The standard InChI is InChI=1S/C25H27ClN2O5S/c1-14(2)17(13-29)28-21-23(31)27(16-8-6-15(26)7-9-16)11-4-10-25(21)20(22(28)30)19-18(34-25)5-3-12-33-24(19)32/h3-10,14,17-21,29H,11-13H2,1-2H3/t17-,18+,19-,20-,21?,25-/m0/s1. The fourth-order valence-corrected chi connectivity index (χ4v) is 7.85. The van der Waals surface area contributed by atoms with Gasteiger partial charge in [-0.3, -0.25) is 14.4 Å². The zero-order valence-corrected chi connectivity index (χ0v) is 20.5. The Morgan fingerprint density at radius 1 is 1.18 bits per heavy atom. The Labute approximate surface area is 207 Å². The fraction of sp³-hybridized carbons (Fsp3) is 0.480. The van der Waals surface area contributed by atoms with Crippen LogP contribution in [0.4, 0.5) is 5.69 Å². The number of nitrogens with zero attached hydrogens (tertiary/aromatic N) is 2. The van der Waals surface area contributed by atoms with Gasteiger partial charge in [0.25, 0.3) is 5.91 Å². The number of aliphatic hydroxyl groups is 1. The van der Waals surface area contributed by atoms with Gasteiger partial charge < -0.3 is 19.6 Å². The Morgan fingerprint density at radius 3 is 2.59 bits per heavy atom. The summed E-state index contributed by atoms with van der Waals surface area (Å²) in [5, 5.41) is 10.6. The molecule has 0 radical (unpaired) electrons. The first kappa shape index (κ1) is 23.5. The van der Waals surface area contributed by atoms with E-state index >= 15 is 0 Å². The Morgan fingerprint density at radius 2 is 1.91 bits per heavy atom. The van der Waals surface area contributed by atoms with Gasteiger partial charge in [-0.2, -0.15) is 0 Å². The normalized spacial score (nSPS) is 33.4. The number of rotatable bonds is 4. The molecule has 1 aromatic rings. The molecular formula is C25H27ClN2O5S. The van der Waals surface area contributed by atoms with Gasteiger partial charge in [-0.15, -0.1) is 11.8 Å². The first-order valence-electron chi connectivity index (χ1n) is 11.5. The first-order chi connectivity index (χ1) is 16.3. The summed E-state index contributed by atoms with van der Waals surface area (Å²) in [6.45, 7) is 4.07. The summed E-state index contributed by atoms with van der Waals surface area (Å²) < 4.78 is 4.45. The number of carbonyl (C=O) groups excluding carboxylic acids is 3. The molecule has 34 heavy (non-hydrogen) atoms. The molecule has 0 aromatic heterocycles. The maximum atomic E-state index is 14.2. The highest BCUT2D eigenvalue weighted by Gasteiger charge is 2.72. The van der Waals surface area contributed by atoms with Crippen molar-refractivity contribution in [3.8, 4) is 0 Å². The van der Waals surface area contributed by atoms with Gasteiger partial charge in [0.1, 0.15) is 12.6 Å². The zero-order valence-electron chi connectivity index (χ0n) is 19.0. The molecule has 7 nitrogen and oxygen atoms in total. The molecule has 180 valence electrons. The lowest BCUT2D eigenvalue weighted by Crippen LogP contribution is -2.57. The van der Waals surface area contributed by atoms with Gasteiger partial charge in [0.2, 0.25) is 5.91 Å². The molecule has 0 bridgehead atoms.